The van der Waals surface area contributed by atoms with E-state index in [-0.39, 0.29) is 0 Å². The number of alkyl carbamates (subject to hydrolysis) is 1. The number of nitrogens with one attached hydrogen (secondary N) is 2. The van der Waals surface area contributed by atoms with Crippen molar-refractivity contribution in [1.29, 1.82) is 0 Å². The van der Waals surface area contributed by atoms with Gasteiger partial charge in [0, 0.05) is 23.7 Å². The van der Waals surface area contributed by atoms with Crippen molar-refractivity contribution in [2.24, 2.45) is 0 Å². The van der Waals surface area contributed by atoms with E-state index in [1.807, 2.05) is 39.0 Å². The normalized spacial score (nSPS) is 13.8. The molecule has 1 aliphatic rings. The van der Waals surface area contributed by atoms with E-state index in [4.69, 9.17) is 16.3 Å². The highest BCUT2D eigenvalue weighted by Gasteiger charge is 2.17. The van der Waals surface area contributed by atoms with Crippen molar-refractivity contribution < 1.29 is 9.53 Å². The second-order valence-electron chi connectivity index (χ2n) is 7.54. The van der Waals surface area contributed by atoms with E-state index < -0.39 is 11.7 Å². The summed E-state index contributed by atoms with van der Waals surface area (Å²) in [6.07, 6.45) is 0.571. The highest BCUT2D eigenvalue weighted by molar-refractivity contribution is 6.33. The van der Waals surface area contributed by atoms with Crippen molar-refractivity contribution in [1.82, 2.24) is 10.6 Å². The number of hydrogen-bond donors (Lipinski definition) is 2. The van der Waals surface area contributed by atoms with Crippen LogP contribution < -0.4 is 10.6 Å². The number of carbonyl (C=O) groups excluding carboxylic acids is 1. The third-order valence-electron chi connectivity index (χ3n) is 4.30. The third-order valence-corrected chi connectivity index (χ3v) is 4.62. The smallest absolute Gasteiger partial charge is 0.407 e. The summed E-state index contributed by atoms with van der Waals surface area (Å²) in [5.41, 5.74) is 5.39. The molecular formula is C21H25ClN2O2. The predicted molar refractivity (Wildman–Crippen MR) is 105 cm³/mol. The Balaban J connectivity index is 1.74. The molecule has 0 fully saturated rings. The summed E-state index contributed by atoms with van der Waals surface area (Å²) in [6.45, 7) is 7.83. The summed E-state index contributed by atoms with van der Waals surface area (Å²) in [6, 6.07) is 12.2. The van der Waals surface area contributed by atoms with Crippen molar-refractivity contribution in [3.05, 3.63) is 58.1 Å². The summed E-state index contributed by atoms with van der Waals surface area (Å²) >= 11 is 6.51. The lowest BCUT2D eigenvalue weighted by Crippen LogP contribution is -2.32. The summed E-state index contributed by atoms with van der Waals surface area (Å²) in [7, 11) is 0. The van der Waals surface area contributed by atoms with Crippen LogP contribution in [0.1, 0.15) is 37.5 Å². The molecule has 0 saturated carbocycles. The second-order valence-corrected chi connectivity index (χ2v) is 7.95. The average Bonchev–Trinajstić information content (AvgIpc) is 2.59. The van der Waals surface area contributed by atoms with Gasteiger partial charge in [-0.3, -0.25) is 0 Å². The van der Waals surface area contributed by atoms with Gasteiger partial charge < -0.3 is 15.4 Å². The molecule has 138 valence electrons. The Kier molecular flexibility index (Phi) is 5.54. The van der Waals surface area contributed by atoms with E-state index >= 15 is 0 Å². The van der Waals surface area contributed by atoms with Gasteiger partial charge in [-0.05, 0) is 62.1 Å². The fourth-order valence-corrected chi connectivity index (χ4v) is 3.43. The Hall–Kier alpha value is -2.04. The first-order chi connectivity index (χ1) is 12.3. The first-order valence-electron chi connectivity index (χ1n) is 8.90. The molecule has 0 atom stereocenters. The van der Waals surface area contributed by atoms with Crippen molar-refractivity contribution in [2.75, 3.05) is 6.54 Å². The van der Waals surface area contributed by atoms with E-state index in [1.165, 1.54) is 11.1 Å². The second kappa shape index (κ2) is 7.68. The molecule has 1 aliphatic heterocycles. The molecule has 4 nitrogen and oxygen atoms in total. The molecule has 1 heterocycles. The van der Waals surface area contributed by atoms with Crippen molar-refractivity contribution >= 4 is 17.7 Å². The van der Waals surface area contributed by atoms with Crippen LogP contribution in [0.15, 0.2) is 36.4 Å². The van der Waals surface area contributed by atoms with Crippen LogP contribution in [-0.4, -0.2) is 18.2 Å². The summed E-state index contributed by atoms with van der Waals surface area (Å²) in [5, 5.41) is 6.96. The monoisotopic (exact) mass is 372 g/mol. The molecule has 3 rings (SSSR count). The van der Waals surface area contributed by atoms with Crippen LogP contribution in [0.4, 0.5) is 4.79 Å². The number of benzene rings is 2. The number of halogens is 1. The Morgan fingerprint density at radius 3 is 2.62 bits per heavy atom. The number of amides is 1. The summed E-state index contributed by atoms with van der Waals surface area (Å²) < 4.78 is 5.26. The Bertz CT molecular complexity index is 795. The van der Waals surface area contributed by atoms with Gasteiger partial charge in [-0.25, -0.2) is 4.79 Å². The number of carbonyl (C=O) groups is 1. The van der Waals surface area contributed by atoms with Crippen LogP contribution in [0.2, 0.25) is 5.02 Å². The molecule has 5 heteroatoms. The Labute approximate surface area is 159 Å². The van der Waals surface area contributed by atoms with Gasteiger partial charge in [0.05, 0.1) is 0 Å². The quantitative estimate of drug-likeness (QED) is 0.822. The largest absolute Gasteiger partial charge is 0.444 e. The van der Waals surface area contributed by atoms with Crippen molar-refractivity contribution in [2.45, 2.75) is 45.9 Å². The fourth-order valence-electron chi connectivity index (χ4n) is 3.14. The van der Waals surface area contributed by atoms with Gasteiger partial charge in [-0.15, -0.1) is 0 Å². The van der Waals surface area contributed by atoms with Crippen molar-refractivity contribution in [3.8, 4) is 11.1 Å². The minimum Gasteiger partial charge on any atom is -0.444 e. The summed E-state index contributed by atoms with van der Waals surface area (Å²) in [5.74, 6) is 0. The Morgan fingerprint density at radius 2 is 1.92 bits per heavy atom. The minimum absolute atomic E-state index is 0.408. The first kappa shape index (κ1) is 18.7. The highest BCUT2D eigenvalue weighted by Crippen LogP contribution is 2.35. The zero-order valence-electron chi connectivity index (χ0n) is 15.5. The van der Waals surface area contributed by atoms with Gasteiger partial charge in [0.2, 0.25) is 0 Å². The van der Waals surface area contributed by atoms with Gasteiger partial charge in [0.25, 0.3) is 0 Å². The van der Waals surface area contributed by atoms with Crippen molar-refractivity contribution in [3.63, 3.8) is 0 Å². The number of fused-ring (bicyclic) bond motifs is 1. The molecule has 1 amide bonds. The first-order valence-corrected chi connectivity index (χ1v) is 9.28. The van der Waals surface area contributed by atoms with Crippen LogP contribution in [-0.2, 0) is 24.2 Å². The standard InChI is InChI=1S/C21H25ClN2O2/c1-21(2,3)26-20(25)24-12-14-4-6-15(7-5-14)19-17-10-11-23-13-16(17)8-9-18(19)22/h4-9,23H,10-13H2,1-3H3,(H,24,25). The molecule has 0 aliphatic carbocycles. The van der Waals surface area contributed by atoms with E-state index in [0.29, 0.717) is 6.54 Å². The molecule has 0 radical (unpaired) electrons. The summed E-state index contributed by atoms with van der Waals surface area (Å²) in [4.78, 5) is 11.8. The SMILES string of the molecule is CC(C)(C)OC(=O)NCc1ccc(-c2c(Cl)ccc3c2CCNC3)cc1. The van der Waals surface area contributed by atoms with E-state index in [2.05, 4.69) is 28.8 Å². The van der Waals surface area contributed by atoms with Gasteiger partial charge >= 0.3 is 6.09 Å². The van der Waals surface area contributed by atoms with Crippen LogP contribution in [0.5, 0.6) is 0 Å². The lowest BCUT2D eigenvalue weighted by Gasteiger charge is -2.22. The topological polar surface area (TPSA) is 50.4 Å². The third kappa shape index (κ3) is 4.57. The van der Waals surface area contributed by atoms with Gasteiger partial charge in [0.15, 0.2) is 0 Å². The van der Waals surface area contributed by atoms with Crippen LogP contribution in [0.3, 0.4) is 0 Å². The highest BCUT2D eigenvalue weighted by atomic mass is 35.5. The molecule has 26 heavy (non-hydrogen) atoms. The molecule has 0 spiro atoms. The predicted octanol–water partition coefficient (Wildman–Crippen LogP) is 4.68. The lowest BCUT2D eigenvalue weighted by atomic mass is 9.91. The van der Waals surface area contributed by atoms with Gasteiger partial charge in [-0.2, -0.15) is 0 Å². The molecule has 0 unspecified atom stereocenters. The van der Waals surface area contributed by atoms with E-state index in [1.54, 1.807) is 0 Å². The molecule has 2 N–H and O–H groups in total. The Morgan fingerprint density at radius 1 is 1.19 bits per heavy atom. The molecule has 0 bridgehead atoms. The molecule has 0 aromatic heterocycles. The average molecular weight is 373 g/mol. The van der Waals surface area contributed by atoms with Crippen LogP contribution in [0.25, 0.3) is 11.1 Å². The zero-order chi connectivity index (χ0) is 18.7. The lowest BCUT2D eigenvalue weighted by molar-refractivity contribution is 0.0523. The fraction of sp³-hybridized carbons (Fsp3) is 0.381. The molecule has 0 saturated heterocycles. The maximum Gasteiger partial charge on any atom is 0.407 e. The van der Waals surface area contributed by atoms with E-state index in [9.17, 15) is 4.79 Å². The minimum atomic E-state index is -0.494. The zero-order valence-corrected chi connectivity index (χ0v) is 16.2. The maximum absolute atomic E-state index is 11.8. The van der Waals surface area contributed by atoms with Crippen LogP contribution in [0, 0.1) is 0 Å². The number of ether oxygens (including phenoxy) is 1. The van der Waals surface area contributed by atoms with Gasteiger partial charge in [0.1, 0.15) is 5.60 Å². The van der Waals surface area contributed by atoms with Gasteiger partial charge in [-0.1, -0.05) is 41.9 Å². The number of rotatable bonds is 3. The van der Waals surface area contributed by atoms with Crippen LogP contribution >= 0.6 is 11.6 Å². The molecular weight excluding hydrogens is 348 g/mol. The molecule has 2 aromatic carbocycles. The van der Waals surface area contributed by atoms with E-state index in [0.717, 1.165) is 41.2 Å². The number of hydrogen-bond acceptors (Lipinski definition) is 3. The molecule has 2 aromatic rings. The maximum atomic E-state index is 11.8.